The summed E-state index contributed by atoms with van der Waals surface area (Å²) in [4.78, 5) is 12.0. The highest BCUT2D eigenvalue weighted by Gasteiger charge is 2.85. The molecule has 3 saturated carbocycles. The van der Waals surface area contributed by atoms with Gasteiger partial charge in [0.2, 0.25) is 0 Å². The number of benzene rings is 1. The van der Waals surface area contributed by atoms with Crippen LogP contribution in [0.5, 0.6) is 11.5 Å². The third kappa shape index (κ3) is 1.79. The Hall–Kier alpha value is -1.97. The van der Waals surface area contributed by atoms with Crippen LogP contribution in [0.3, 0.4) is 0 Å². The lowest BCUT2D eigenvalue weighted by molar-refractivity contribution is -0.146. The average molecular weight is 300 g/mol. The van der Waals surface area contributed by atoms with E-state index in [1.165, 1.54) is 26.0 Å². The summed E-state index contributed by atoms with van der Waals surface area (Å²) in [7, 11) is 1.49. The standard InChI is InChI=1S/C18H20O4/c1-17-10-18(17)9-12(18)8-15(17)22-16(20)6-4-11-3-5-13(19)14(7-11)21-2/h3-7,12,15,19H,8-10H2,1-2H3/b6-4+/t12-,15+,17-,18?/m1/s1. The summed E-state index contributed by atoms with van der Waals surface area (Å²) >= 11 is 0. The maximum absolute atomic E-state index is 12.0. The van der Waals surface area contributed by atoms with Crippen LogP contribution in [0.25, 0.3) is 6.08 Å². The van der Waals surface area contributed by atoms with Crippen LogP contribution in [0.15, 0.2) is 24.3 Å². The molecule has 3 aliphatic carbocycles. The molecule has 4 heteroatoms. The van der Waals surface area contributed by atoms with Gasteiger partial charge in [-0.2, -0.15) is 0 Å². The monoisotopic (exact) mass is 300 g/mol. The van der Waals surface area contributed by atoms with E-state index in [1.807, 2.05) is 0 Å². The van der Waals surface area contributed by atoms with Crippen molar-refractivity contribution in [1.82, 2.24) is 0 Å². The maximum Gasteiger partial charge on any atom is 0.331 e. The molecule has 1 unspecified atom stereocenters. The third-order valence-corrected chi connectivity index (χ3v) is 6.01. The van der Waals surface area contributed by atoms with E-state index in [4.69, 9.17) is 9.47 Å². The predicted octanol–water partition coefficient (Wildman–Crippen LogP) is 3.15. The Morgan fingerprint density at radius 1 is 1.45 bits per heavy atom. The van der Waals surface area contributed by atoms with Crippen LogP contribution in [0.4, 0.5) is 0 Å². The van der Waals surface area contributed by atoms with Gasteiger partial charge >= 0.3 is 5.97 Å². The van der Waals surface area contributed by atoms with Crippen molar-refractivity contribution in [3.8, 4) is 11.5 Å². The van der Waals surface area contributed by atoms with Crippen LogP contribution < -0.4 is 4.74 Å². The van der Waals surface area contributed by atoms with E-state index in [0.717, 1.165) is 17.9 Å². The lowest BCUT2D eigenvalue weighted by atomic mass is 9.99. The summed E-state index contributed by atoms with van der Waals surface area (Å²) in [6, 6.07) is 4.95. The minimum atomic E-state index is -0.290. The van der Waals surface area contributed by atoms with E-state index in [0.29, 0.717) is 11.2 Å². The molecule has 4 nitrogen and oxygen atoms in total. The highest BCUT2D eigenvalue weighted by atomic mass is 16.5. The number of aromatic hydroxyl groups is 1. The van der Waals surface area contributed by atoms with E-state index in [1.54, 1.807) is 24.3 Å². The molecule has 3 aliphatic rings. The van der Waals surface area contributed by atoms with E-state index in [9.17, 15) is 9.90 Å². The topological polar surface area (TPSA) is 55.8 Å². The number of rotatable bonds is 4. The molecule has 0 amide bonds. The number of hydrogen-bond donors (Lipinski definition) is 1. The van der Waals surface area contributed by atoms with Crippen molar-refractivity contribution in [2.75, 3.05) is 7.11 Å². The molecule has 0 aliphatic heterocycles. The lowest BCUT2D eigenvalue weighted by Gasteiger charge is -2.20. The van der Waals surface area contributed by atoms with Crippen LogP contribution in [-0.2, 0) is 9.53 Å². The number of hydrogen-bond acceptors (Lipinski definition) is 4. The molecule has 1 aromatic rings. The summed E-state index contributed by atoms with van der Waals surface area (Å²) in [6.07, 6.45) is 6.81. The van der Waals surface area contributed by atoms with Gasteiger partial charge in [-0.05, 0) is 54.4 Å². The molecular formula is C18H20O4. The number of esters is 1. The quantitative estimate of drug-likeness (QED) is 0.685. The molecule has 0 heterocycles. The first-order valence-electron chi connectivity index (χ1n) is 7.74. The van der Waals surface area contributed by atoms with Gasteiger partial charge in [0.1, 0.15) is 6.10 Å². The molecule has 0 aromatic heterocycles. The smallest absolute Gasteiger partial charge is 0.331 e. The fraction of sp³-hybridized carbons (Fsp3) is 0.500. The number of phenols is 1. The molecule has 0 radical (unpaired) electrons. The minimum Gasteiger partial charge on any atom is -0.504 e. The molecule has 4 atom stereocenters. The molecule has 4 rings (SSSR count). The van der Waals surface area contributed by atoms with Crippen molar-refractivity contribution in [3.63, 3.8) is 0 Å². The summed E-state index contributed by atoms with van der Waals surface area (Å²) in [5.41, 5.74) is 1.56. The molecule has 116 valence electrons. The predicted molar refractivity (Wildman–Crippen MR) is 81.5 cm³/mol. The Labute approximate surface area is 129 Å². The summed E-state index contributed by atoms with van der Waals surface area (Å²) in [5, 5.41) is 9.55. The second-order valence-corrected chi connectivity index (χ2v) is 7.08. The van der Waals surface area contributed by atoms with Crippen LogP contribution >= 0.6 is 0 Å². The van der Waals surface area contributed by atoms with Gasteiger partial charge in [-0.1, -0.05) is 13.0 Å². The van der Waals surface area contributed by atoms with Crippen molar-refractivity contribution in [2.45, 2.75) is 32.3 Å². The van der Waals surface area contributed by atoms with Crippen molar-refractivity contribution in [1.29, 1.82) is 0 Å². The molecule has 0 bridgehead atoms. The molecule has 0 saturated heterocycles. The zero-order chi connectivity index (χ0) is 15.5. The van der Waals surface area contributed by atoms with E-state index in [-0.39, 0.29) is 23.2 Å². The molecule has 1 N–H and O–H groups in total. The first kappa shape index (κ1) is 13.7. The zero-order valence-electron chi connectivity index (χ0n) is 12.8. The lowest BCUT2D eigenvalue weighted by Crippen LogP contribution is -2.24. The van der Waals surface area contributed by atoms with Crippen LogP contribution in [0, 0.1) is 16.7 Å². The van der Waals surface area contributed by atoms with Gasteiger partial charge in [0.25, 0.3) is 0 Å². The Balaban J connectivity index is 1.40. The Morgan fingerprint density at radius 3 is 2.91 bits per heavy atom. The fourth-order valence-electron chi connectivity index (χ4n) is 4.49. The summed E-state index contributed by atoms with van der Waals surface area (Å²) in [6.45, 7) is 2.26. The van der Waals surface area contributed by atoms with E-state index in [2.05, 4.69) is 6.92 Å². The van der Waals surface area contributed by atoms with Gasteiger partial charge in [-0.25, -0.2) is 4.79 Å². The molecule has 22 heavy (non-hydrogen) atoms. The summed E-state index contributed by atoms with van der Waals surface area (Å²) < 4.78 is 10.7. The van der Waals surface area contributed by atoms with Gasteiger partial charge in [0.15, 0.2) is 11.5 Å². The van der Waals surface area contributed by atoms with Gasteiger partial charge in [0, 0.05) is 11.5 Å². The molecule has 1 spiro atoms. The normalized spacial score (nSPS) is 37.5. The number of ether oxygens (including phenoxy) is 2. The van der Waals surface area contributed by atoms with E-state index >= 15 is 0 Å². The maximum atomic E-state index is 12.0. The van der Waals surface area contributed by atoms with Crippen LogP contribution in [0.1, 0.15) is 31.7 Å². The Kier molecular flexibility index (Phi) is 2.66. The Morgan fingerprint density at radius 2 is 2.27 bits per heavy atom. The Bertz CT molecular complexity index is 680. The van der Waals surface area contributed by atoms with Gasteiger partial charge < -0.3 is 14.6 Å². The number of phenolic OH excluding ortho intramolecular Hbond substituents is 1. The second kappa shape index (κ2) is 4.28. The van der Waals surface area contributed by atoms with Crippen molar-refractivity contribution >= 4 is 12.0 Å². The van der Waals surface area contributed by atoms with Gasteiger partial charge in [-0.3, -0.25) is 0 Å². The molecule has 1 aromatic carbocycles. The fourth-order valence-corrected chi connectivity index (χ4v) is 4.49. The first-order chi connectivity index (χ1) is 10.5. The third-order valence-electron chi connectivity index (χ3n) is 6.01. The largest absolute Gasteiger partial charge is 0.504 e. The second-order valence-electron chi connectivity index (χ2n) is 7.08. The average Bonchev–Trinajstić information content (AvgIpc) is 3.33. The highest BCUT2D eigenvalue weighted by molar-refractivity contribution is 5.87. The van der Waals surface area contributed by atoms with Crippen molar-refractivity contribution in [3.05, 3.63) is 29.8 Å². The zero-order valence-corrected chi connectivity index (χ0v) is 12.8. The van der Waals surface area contributed by atoms with Gasteiger partial charge in [-0.15, -0.1) is 0 Å². The number of carbonyl (C=O) groups is 1. The number of methoxy groups -OCH3 is 1. The van der Waals surface area contributed by atoms with Crippen molar-refractivity contribution in [2.24, 2.45) is 16.7 Å². The first-order valence-corrected chi connectivity index (χ1v) is 7.74. The van der Waals surface area contributed by atoms with Crippen LogP contribution in [0.2, 0.25) is 0 Å². The SMILES string of the molecule is COc1cc(/C=C/C(=O)O[C@H]2C[C@@H]3CC34C[C@]24C)ccc1O. The molecule has 3 fully saturated rings. The minimum absolute atomic E-state index is 0.0813. The van der Waals surface area contributed by atoms with Crippen LogP contribution in [-0.4, -0.2) is 24.3 Å². The van der Waals surface area contributed by atoms with Crippen molar-refractivity contribution < 1.29 is 19.4 Å². The van der Waals surface area contributed by atoms with E-state index < -0.39 is 0 Å². The molecular weight excluding hydrogens is 280 g/mol. The number of carbonyl (C=O) groups excluding carboxylic acids is 1. The summed E-state index contributed by atoms with van der Waals surface area (Å²) in [5.74, 6) is 0.973. The highest BCUT2D eigenvalue weighted by Crippen LogP contribution is 2.89. The van der Waals surface area contributed by atoms with Gasteiger partial charge in [0.05, 0.1) is 7.11 Å².